The van der Waals surface area contributed by atoms with E-state index in [1.165, 1.54) is 35.6 Å². The number of hydrogen-bond acceptors (Lipinski definition) is 1. The van der Waals surface area contributed by atoms with Gasteiger partial charge in [0.2, 0.25) is 0 Å². The summed E-state index contributed by atoms with van der Waals surface area (Å²) < 4.78 is 0. The number of hydrogen-bond donors (Lipinski definition) is 1. The number of nitrogens with one attached hydrogen (secondary N) is 1. The van der Waals surface area contributed by atoms with Gasteiger partial charge in [0.05, 0.1) is 0 Å². The van der Waals surface area contributed by atoms with Crippen LogP contribution in [0.3, 0.4) is 0 Å². The van der Waals surface area contributed by atoms with E-state index in [2.05, 4.69) is 61.6 Å². The molecule has 1 saturated carbocycles. The summed E-state index contributed by atoms with van der Waals surface area (Å²) in [5, 5.41) is 6.45. The van der Waals surface area contributed by atoms with E-state index < -0.39 is 0 Å². The summed E-state index contributed by atoms with van der Waals surface area (Å²) in [6, 6.07) is 16.1. The Hall–Kier alpha value is -1.34. The van der Waals surface area contributed by atoms with E-state index in [0.717, 1.165) is 18.4 Å². The molecule has 0 radical (unpaired) electrons. The van der Waals surface area contributed by atoms with Gasteiger partial charge in [-0.05, 0) is 53.5 Å². The topological polar surface area (TPSA) is 12.0 Å². The fourth-order valence-corrected chi connectivity index (χ4v) is 3.57. The molecule has 1 heteroatoms. The molecule has 20 heavy (non-hydrogen) atoms. The highest BCUT2D eigenvalue weighted by Gasteiger charge is 2.24. The van der Waals surface area contributed by atoms with Crippen LogP contribution in [0.4, 0.5) is 0 Å². The van der Waals surface area contributed by atoms with Crippen molar-refractivity contribution in [2.24, 2.45) is 11.8 Å². The smallest absolute Gasteiger partial charge is 0.0208 e. The molecule has 0 aromatic heterocycles. The van der Waals surface area contributed by atoms with E-state index in [1.807, 2.05) is 0 Å². The first kappa shape index (κ1) is 13.6. The maximum atomic E-state index is 3.77. The molecule has 106 valence electrons. The summed E-state index contributed by atoms with van der Waals surface area (Å²) in [4.78, 5) is 0. The summed E-state index contributed by atoms with van der Waals surface area (Å²) in [7, 11) is 0. The third-order valence-corrected chi connectivity index (χ3v) is 4.81. The average molecular weight is 267 g/mol. The van der Waals surface area contributed by atoms with Crippen LogP contribution in [-0.2, 0) is 6.54 Å². The molecule has 0 amide bonds. The summed E-state index contributed by atoms with van der Waals surface area (Å²) in [5.41, 5.74) is 1.40. The van der Waals surface area contributed by atoms with Gasteiger partial charge in [0, 0.05) is 12.6 Å². The SMILES string of the molecule is CC1CCC(NCc2ccc3ccccc3c2)C(C)C1. The number of benzene rings is 2. The van der Waals surface area contributed by atoms with Crippen molar-refractivity contribution in [1.29, 1.82) is 0 Å². The monoisotopic (exact) mass is 267 g/mol. The Morgan fingerprint density at radius 1 is 1.00 bits per heavy atom. The molecular weight excluding hydrogens is 242 g/mol. The Bertz CT molecular complexity index is 575. The number of fused-ring (bicyclic) bond motifs is 1. The van der Waals surface area contributed by atoms with Crippen LogP contribution in [-0.4, -0.2) is 6.04 Å². The Morgan fingerprint density at radius 2 is 1.80 bits per heavy atom. The van der Waals surface area contributed by atoms with Gasteiger partial charge in [-0.25, -0.2) is 0 Å². The number of rotatable bonds is 3. The first-order chi connectivity index (χ1) is 9.72. The highest BCUT2D eigenvalue weighted by atomic mass is 14.9. The first-order valence-electron chi connectivity index (χ1n) is 7.93. The average Bonchev–Trinajstić information content (AvgIpc) is 2.46. The zero-order chi connectivity index (χ0) is 13.9. The minimum Gasteiger partial charge on any atom is -0.310 e. The van der Waals surface area contributed by atoms with Crippen LogP contribution in [0.1, 0.15) is 38.7 Å². The quantitative estimate of drug-likeness (QED) is 0.846. The summed E-state index contributed by atoms with van der Waals surface area (Å²) in [6.45, 7) is 5.78. The second kappa shape index (κ2) is 5.97. The Balaban J connectivity index is 1.65. The van der Waals surface area contributed by atoms with Gasteiger partial charge in [-0.3, -0.25) is 0 Å². The van der Waals surface area contributed by atoms with E-state index in [1.54, 1.807) is 0 Å². The van der Waals surface area contributed by atoms with Gasteiger partial charge in [-0.2, -0.15) is 0 Å². The lowest BCUT2D eigenvalue weighted by Crippen LogP contribution is -2.38. The molecule has 0 bridgehead atoms. The highest BCUT2D eigenvalue weighted by molar-refractivity contribution is 5.82. The van der Waals surface area contributed by atoms with Gasteiger partial charge < -0.3 is 5.32 Å². The van der Waals surface area contributed by atoms with Crippen molar-refractivity contribution in [3.05, 3.63) is 48.0 Å². The largest absolute Gasteiger partial charge is 0.310 e. The molecule has 3 atom stereocenters. The van der Waals surface area contributed by atoms with Crippen molar-refractivity contribution in [1.82, 2.24) is 5.32 Å². The van der Waals surface area contributed by atoms with Crippen LogP contribution in [0, 0.1) is 11.8 Å². The fourth-order valence-electron chi connectivity index (χ4n) is 3.57. The van der Waals surface area contributed by atoms with E-state index in [0.29, 0.717) is 6.04 Å². The molecule has 0 aliphatic heterocycles. The van der Waals surface area contributed by atoms with Gasteiger partial charge in [-0.1, -0.05) is 50.2 Å². The molecule has 1 nitrogen and oxygen atoms in total. The predicted octanol–water partition coefficient (Wildman–Crippen LogP) is 4.75. The lowest BCUT2D eigenvalue weighted by Gasteiger charge is -2.33. The maximum absolute atomic E-state index is 3.77. The van der Waals surface area contributed by atoms with E-state index in [4.69, 9.17) is 0 Å². The van der Waals surface area contributed by atoms with Crippen LogP contribution in [0.15, 0.2) is 42.5 Å². The van der Waals surface area contributed by atoms with E-state index >= 15 is 0 Å². The molecule has 0 spiro atoms. The predicted molar refractivity (Wildman–Crippen MR) is 86.8 cm³/mol. The molecule has 3 unspecified atom stereocenters. The molecule has 0 saturated heterocycles. The molecule has 3 rings (SSSR count). The summed E-state index contributed by atoms with van der Waals surface area (Å²) in [5.74, 6) is 1.71. The molecule has 1 aliphatic rings. The van der Waals surface area contributed by atoms with Crippen LogP contribution in [0.5, 0.6) is 0 Å². The zero-order valence-corrected chi connectivity index (χ0v) is 12.6. The van der Waals surface area contributed by atoms with E-state index in [9.17, 15) is 0 Å². The van der Waals surface area contributed by atoms with Crippen molar-refractivity contribution >= 4 is 10.8 Å². The van der Waals surface area contributed by atoms with Gasteiger partial charge in [0.25, 0.3) is 0 Å². The van der Waals surface area contributed by atoms with Crippen molar-refractivity contribution in [3.8, 4) is 0 Å². The van der Waals surface area contributed by atoms with Gasteiger partial charge in [-0.15, -0.1) is 0 Å². The van der Waals surface area contributed by atoms with Crippen LogP contribution >= 0.6 is 0 Å². The molecule has 2 aromatic rings. The molecule has 1 fully saturated rings. The molecule has 2 aromatic carbocycles. The van der Waals surface area contributed by atoms with Gasteiger partial charge in [0.1, 0.15) is 0 Å². The third kappa shape index (κ3) is 3.04. The zero-order valence-electron chi connectivity index (χ0n) is 12.6. The molecule has 0 heterocycles. The molecule has 1 N–H and O–H groups in total. The Kier molecular flexibility index (Phi) is 4.07. The second-order valence-corrected chi connectivity index (χ2v) is 6.56. The van der Waals surface area contributed by atoms with Crippen LogP contribution < -0.4 is 5.32 Å². The van der Waals surface area contributed by atoms with Crippen molar-refractivity contribution < 1.29 is 0 Å². The van der Waals surface area contributed by atoms with Gasteiger partial charge in [0.15, 0.2) is 0 Å². The summed E-state index contributed by atoms with van der Waals surface area (Å²) >= 11 is 0. The fraction of sp³-hybridized carbons (Fsp3) is 0.474. The lowest BCUT2D eigenvalue weighted by molar-refractivity contribution is 0.227. The van der Waals surface area contributed by atoms with Crippen molar-refractivity contribution in [2.75, 3.05) is 0 Å². The van der Waals surface area contributed by atoms with Gasteiger partial charge >= 0.3 is 0 Å². The second-order valence-electron chi connectivity index (χ2n) is 6.56. The Morgan fingerprint density at radius 3 is 2.60 bits per heavy atom. The molecular formula is C19H25N. The first-order valence-corrected chi connectivity index (χ1v) is 7.93. The maximum Gasteiger partial charge on any atom is 0.0208 e. The normalized spacial score (nSPS) is 26.8. The third-order valence-electron chi connectivity index (χ3n) is 4.81. The van der Waals surface area contributed by atoms with Crippen LogP contribution in [0.2, 0.25) is 0 Å². The molecule has 1 aliphatic carbocycles. The van der Waals surface area contributed by atoms with Crippen molar-refractivity contribution in [3.63, 3.8) is 0 Å². The van der Waals surface area contributed by atoms with Crippen molar-refractivity contribution in [2.45, 2.75) is 45.7 Å². The van der Waals surface area contributed by atoms with Crippen LogP contribution in [0.25, 0.3) is 10.8 Å². The minimum absolute atomic E-state index is 0.692. The summed E-state index contributed by atoms with van der Waals surface area (Å²) in [6.07, 6.45) is 4.07. The standard InChI is InChI=1S/C19H25N/c1-14-7-10-19(15(2)11-14)20-13-16-8-9-17-5-3-4-6-18(17)12-16/h3-6,8-9,12,14-15,19-20H,7,10-11,13H2,1-2H3. The minimum atomic E-state index is 0.692. The Labute approximate surface area is 122 Å². The highest BCUT2D eigenvalue weighted by Crippen LogP contribution is 2.28. The lowest BCUT2D eigenvalue weighted by atomic mass is 9.80. The van der Waals surface area contributed by atoms with E-state index in [-0.39, 0.29) is 0 Å².